The van der Waals surface area contributed by atoms with Crippen LogP contribution in [0.2, 0.25) is 0 Å². The van der Waals surface area contributed by atoms with Crippen LogP contribution in [0.5, 0.6) is 0 Å². The molecule has 0 saturated carbocycles. The zero-order chi connectivity index (χ0) is 20.9. The Morgan fingerprint density at radius 1 is 1.18 bits per heavy atom. The fourth-order valence-corrected chi connectivity index (χ4v) is 2.30. The van der Waals surface area contributed by atoms with E-state index in [0.29, 0.717) is 11.1 Å². The second-order valence-corrected chi connectivity index (χ2v) is 7.06. The summed E-state index contributed by atoms with van der Waals surface area (Å²) in [4.78, 5) is 20.3. The SMILES string of the molecule is CC(C)(C)OC(=O)C(NCc1cc(F)cnc1N)Nc1ncc(F)cc1CN. The van der Waals surface area contributed by atoms with Crippen molar-refractivity contribution in [3.05, 3.63) is 47.3 Å². The molecular formula is C18H24F2N6O2. The van der Waals surface area contributed by atoms with Crippen molar-refractivity contribution in [3.8, 4) is 0 Å². The molecule has 1 unspecified atom stereocenters. The smallest absolute Gasteiger partial charge is 0.344 e. The molecule has 2 aromatic heterocycles. The molecule has 2 heterocycles. The lowest BCUT2D eigenvalue weighted by Crippen LogP contribution is -2.46. The largest absolute Gasteiger partial charge is 0.457 e. The molecule has 6 N–H and O–H groups in total. The highest BCUT2D eigenvalue weighted by molar-refractivity contribution is 5.79. The van der Waals surface area contributed by atoms with Crippen LogP contribution in [0, 0.1) is 11.6 Å². The van der Waals surface area contributed by atoms with Crippen molar-refractivity contribution < 1.29 is 18.3 Å². The first-order valence-corrected chi connectivity index (χ1v) is 8.56. The first-order chi connectivity index (χ1) is 13.1. The summed E-state index contributed by atoms with van der Waals surface area (Å²) in [5, 5.41) is 5.75. The van der Waals surface area contributed by atoms with Gasteiger partial charge in [0.15, 0.2) is 6.17 Å². The molecule has 2 aromatic rings. The van der Waals surface area contributed by atoms with Crippen molar-refractivity contribution in [1.29, 1.82) is 0 Å². The molecule has 28 heavy (non-hydrogen) atoms. The van der Waals surface area contributed by atoms with E-state index in [0.717, 1.165) is 12.4 Å². The Balaban J connectivity index is 2.24. The molecule has 0 aliphatic rings. The van der Waals surface area contributed by atoms with Crippen LogP contribution >= 0.6 is 0 Å². The lowest BCUT2D eigenvalue weighted by molar-refractivity contribution is -0.156. The van der Waals surface area contributed by atoms with E-state index in [4.69, 9.17) is 16.2 Å². The van der Waals surface area contributed by atoms with E-state index >= 15 is 0 Å². The topological polar surface area (TPSA) is 128 Å². The number of halogens is 2. The number of carbonyl (C=O) groups excluding carboxylic acids is 1. The number of carbonyl (C=O) groups is 1. The molecule has 0 bridgehead atoms. The molecule has 152 valence electrons. The maximum atomic E-state index is 13.4. The summed E-state index contributed by atoms with van der Waals surface area (Å²) in [6.45, 7) is 5.19. The number of nitrogens with two attached hydrogens (primary N) is 2. The third kappa shape index (κ3) is 6.10. The van der Waals surface area contributed by atoms with Crippen molar-refractivity contribution in [2.24, 2.45) is 5.73 Å². The van der Waals surface area contributed by atoms with Crippen LogP contribution < -0.4 is 22.1 Å². The zero-order valence-electron chi connectivity index (χ0n) is 15.9. The molecule has 0 radical (unpaired) electrons. The Labute approximate surface area is 161 Å². The predicted molar refractivity (Wildman–Crippen MR) is 101 cm³/mol. The first kappa shape index (κ1) is 21.5. The monoisotopic (exact) mass is 394 g/mol. The second kappa shape index (κ2) is 8.89. The maximum Gasteiger partial charge on any atom is 0.344 e. The van der Waals surface area contributed by atoms with Gasteiger partial charge in [0.25, 0.3) is 0 Å². The number of nitrogens with one attached hydrogen (secondary N) is 2. The van der Waals surface area contributed by atoms with Crippen LogP contribution in [-0.2, 0) is 22.6 Å². The number of nitrogens with zero attached hydrogens (tertiary/aromatic N) is 2. The summed E-state index contributed by atoms with van der Waals surface area (Å²) >= 11 is 0. The minimum atomic E-state index is -1.08. The number of hydrogen-bond acceptors (Lipinski definition) is 8. The highest BCUT2D eigenvalue weighted by Gasteiger charge is 2.26. The molecule has 2 rings (SSSR count). The highest BCUT2D eigenvalue weighted by Crippen LogP contribution is 2.16. The Hall–Kier alpha value is -2.85. The van der Waals surface area contributed by atoms with Gasteiger partial charge in [0.1, 0.15) is 28.9 Å². The summed E-state index contributed by atoms with van der Waals surface area (Å²) in [6, 6.07) is 2.43. The van der Waals surface area contributed by atoms with E-state index in [1.54, 1.807) is 20.8 Å². The molecule has 0 aliphatic carbocycles. The second-order valence-electron chi connectivity index (χ2n) is 7.06. The summed E-state index contributed by atoms with van der Waals surface area (Å²) in [6.07, 6.45) is 0.922. The molecule has 0 aromatic carbocycles. The minimum Gasteiger partial charge on any atom is -0.457 e. The van der Waals surface area contributed by atoms with E-state index in [1.165, 1.54) is 12.1 Å². The quantitative estimate of drug-likeness (QED) is 0.412. The molecule has 0 fully saturated rings. The van der Waals surface area contributed by atoms with Gasteiger partial charge in [-0.15, -0.1) is 0 Å². The van der Waals surface area contributed by atoms with Crippen molar-refractivity contribution in [3.63, 3.8) is 0 Å². The van der Waals surface area contributed by atoms with Crippen LogP contribution in [0.1, 0.15) is 31.9 Å². The Bertz CT molecular complexity index is 841. The summed E-state index contributed by atoms with van der Waals surface area (Å²) in [5.74, 6) is -1.40. The summed E-state index contributed by atoms with van der Waals surface area (Å²) < 4.78 is 32.2. The average molecular weight is 394 g/mol. The lowest BCUT2D eigenvalue weighted by Gasteiger charge is -2.26. The van der Waals surface area contributed by atoms with E-state index in [-0.39, 0.29) is 24.7 Å². The fourth-order valence-electron chi connectivity index (χ4n) is 2.30. The third-order valence-electron chi connectivity index (χ3n) is 3.54. The molecule has 1 atom stereocenters. The highest BCUT2D eigenvalue weighted by atomic mass is 19.1. The number of aromatic nitrogens is 2. The molecule has 0 saturated heterocycles. The van der Waals surface area contributed by atoms with Gasteiger partial charge in [0, 0.05) is 24.2 Å². The zero-order valence-corrected chi connectivity index (χ0v) is 15.9. The van der Waals surface area contributed by atoms with Crippen molar-refractivity contribution in [1.82, 2.24) is 15.3 Å². The maximum absolute atomic E-state index is 13.4. The molecule has 10 heteroatoms. The minimum absolute atomic E-state index is 0.00883. The van der Waals surface area contributed by atoms with Gasteiger partial charge in [-0.1, -0.05) is 0 Å². The van der Waals surface area contributed by atoms with Gasteiger partial charge in [-0.2, -0.15) is 0 Å². The van der Waals surface area contributed by atoms with E-state index in [9.17, 15) is 13.6 Å². The summed E-state index contributed by atoms with van der Waals surface area (Å²) in [7, 11) is 0. The van der Waals surface area contributed by atoms with Gasteiger partial charge in [-0.3, -0.25) is 5.32 Å². The number of ether oxygens (including phenoxy) is 1. The Morgan fingerprint density at radius 3 is 2.39 bits per heavy atom. The van der Waals surface area contributed by atoms with E-state index < -0.39 is 29.4 Å². The predicted octanol–water partition coefficient (Wildman–Crippen LogP) is 1.67. The number of anilines is 2. The third-order valence-corrected chi connectivity index (χ3v) is 3.54. The van der Waals surface area contributed by atoms with Gasteiger partial charge < -0.3 is 21.5 Å². The Morgan fingerprint density at radius 2 is 1.79 bits per heavy atom. The van der Waals surface area contributed by atoms with Crippen molar-refractivity contribution in [2.75, 3.05) is 11.1 Å². The summed E-state index contributed by atoms with van der Waals surface area (Å²) in [5.41, 5.74) is 11.4. The number of rotatable bonds is 7. The number of esters is 1. The standard InChI is InChI=1S/C18H24F2N6O2/c1-18(2,3)28-17(27)16(24-7-11-5-13(20)8-23-14(11)22)26-15-10(6-21)4-12(19)9-25-15/h4-5,8-9,16,24H,6-7,21H2,1-3H3,(H2,22,23)(H,25,26). The average Bonchev–Trinajstić information content (AvgIpc) is 2.60. The van der Waals surface area contributed by atoms with Gasteiger partial charge >= 0.3 is 5.97 Å². The van der Waals surface area contributed by atoms with E-state index in [2.05, 4.69) is 20.6 Å². The van der Waals surface area contributed by atoms with Crippen molar-refractivity contribution >= 4 is 17.6 Å². The van der Waals surface area contributed by atoms with Crippen LogP contribution in [0.4, 0.5) is 20.4 Å². The van der Waals surface area contributed by atoms with Crippen LogP contribution in [-0.4, -0.2) is 27.7 Å². The van der Waals surface area contributed by atoms with Crippen LogP contribution in [0.3, 0.4) is 0 Å². The fraction of sp³-hybridized carbons (Fsp3) is 0.389. The van der Waals surface area contributed by atoms with Gasteiger partial charge in [0.05, 0.1) is 12.4 Å². The number of pyridine rings is 2. The van der Waals surface area contributed by atoms with Gasteiger partial charge in [-0.05, 0) is 32.9 Å². The van der Waals surface area contributed by atoms with Crippen LogP contribution in [0.25, 0.3) is 0 Å². The molecular weight excluding hydrogens is 370 g/mol. The number of hydrogen-bond donors (Lipinski definition) is 4. The van der Waals surface area contributed by atoms with E-state index in [1.807, 2.05) is 0 Å². The molecule has 0 aliphatic heterocycles. The number of nitrogen functional groups attached to an aromatic ring is 1. The van der Waals surface area contributed by atoms with Gasteiger partial charge in [0.2, 0.25) is 0 Å². The molecule has 0 spiro atoms. The normalized spacial score (nSPS) is 12.5. The van der Waals surface area contributed by atoms with Crippen LogP contribution in [0.15, 0.2) is 24.5 Å². The Kier molecular flexibility index (Phi) is 6.81. The first-order valence-electron chi connectivity index (χ1n) is 8.56. The molecule has 0 amide bonds. The molecule has 8 nitrogen and oxygen atoms in total. The van der Waals surface area contributed by atoms with Crippen molar-refractivity contribution in [2.45, 2.75) is 45.6 Å². The lowest BCUT2D eigenvalue weighted by atomic mass is 10.2. The van der Waals surface area contributed by atoms with Gasteiger partial charge in [-0.25, -0.2) is 23.5 Å².